The number of carbonyl (C=O) groups is 1. The van der Waals surface area contributed by atoms with Gasteiger partial charge in [-0.3, -0.25) is 4.79 Å². The van der Waals surface area contributed by atoms with Crippen molar-refractivity contribution in [2.24, 2.45) is 0 Å². The van der Waals surface area contributed by atoms with Crippen LogP contribution in [0, 0.1) is 26.6 Å². The van der Waals surface area contributed by atoms with E-state index in [0.29, 0.717) is 16.9 Å². The van der Waals surface area contributed by atoms with Crippen LogP contribution in [-0.4, -0.2) is 20.7 Å². The molecule has 0 unspecified atom stereocenters. The van der Waals surface area contributed by atoms with Gasteiger partial charge in [0.25, 0.3) is 5.91 Å². The third kappa shape index (κ3) is 3.60. The molecule has 0 bridgehead atoms. The molecular weight excluding hydrogens is 355 g/mol. The molecule has 3 rings (SSSR count). The number of rotatable bonds is 4. The van der Waals surface area contributed by atoms with Crippen molar-refractivity contribution in [1.29, 1.82) is 0 Å². The van der Waals surface area contributed by atoms with Crippen LogP contribution in [-0.2, 0) is 6.54 Å². The fourth-order valence-corrected chi connectivity index (χ4v) is 2.73. The normalized spacial score (nSPS) is 10.8. The summed E-state index contributed by atoms with van der Waals surface area (Å²) >= 11 is 5.74. The molecule has 0 atom stereocenters. The predicted octanol–water partition coefficient (Wildman–Crippen LogP) is 3.92. The highest BCUT2D eigenvalue weighted by molar-refractivity contribution is 6.30. The maximum absolute atomic E-state index is 13.2. The van der Waals surface area contributed by atoms with Gasteiger partial charge in [0.1, 0.15) is 5.82 Å². The number of amides is 1. The first-order chi connectivity index (χ1) is 12.4. The summed E-state index contributed by atoms with van der Waals surface area (Å²) in [6.45, 7) is 6.18. The minimum Gasteiger partial charge on any atom is -0.348 e. The molecule has 2 aromatic heterocycles. The van der Waals surface area contributed by atoms with E-state index in [2.05, 4.69) is 15.4 Å². The molecule has 0 spiro atoms. The summed E-state index contributed by atoms with van der Waals surface area (Å²) in [5, 5.41) is 7.25. The predicted molar refractivity (Wildman–Crippen MR) is 98.2 cm³/mol. The maximum atomic E-state index is 13.2. The largest absolute Gasteiger partial charge is 0.348 e. The van der Waals surface area contributed by atoms with Crippen molar-refractivity contribution in [3.63, 3.8) is 0 Å². The van der Waals surface area contributed by atoms with Gasteiger partial charge in [-0.05, 0) is 56.2 Å². The zero-order valence-corrected chi connectivity index (χ0v) is 15.4. The first-order valence-corrected chi connectivity index (χ1v) is 8.46. The van der Waals surface area contributed by atoms with E-state index in [4.69, 9.17) is 11.6 Å². The summed E-state index contributed by atoms with van der Waals surface area (Å²) < 4.78 is 14.9. The molecule has 134 valence electrons. The number of hydrogen-bond donors (Lipinski definition) is 1. The summed E-state index contributed by atoms with van der Waals surface area (Å²) in [7, 11) is 0. The highest BCUT2D eigenvalue weighted by Crippen LogP contribution is 2.17. The van der Waals surface area contributed by atoms with Crippen molar-refractivity contribution in [1.82, 2.24) is 20.1 Å². The molecule has 0 aliphatic rings. The maximum Gasteiger partial charge on any atom is 0.253 e. The molecule has 0 aliphatic carbocycles. The summed E-state index contributed by atoms with van der Waals surface area (Å²) in [6, 6.07) is 7.79. The van der Waals surface area contributed by atoms with Crippen LogP contribution >= 0.6 is 11.6 Å². The average Bonchev–Trinajstić information content (AvgIpc) is 2.90. The van der Waals surface area contributed by atoms with E-state index in [9.17, 15) is 9.18 Å². The summed E-state index contributed by atoms with van der Waals surface area (Å²) in [5.74, 6) is -0.101. The molecule has 0 saturated carbocycles. The highest BCUT2D eigenvalue weighted by atomic mass is 35.5. The molecule has 26 heavy (non-hydrogen) atoms. The van der Waals surface area contributed by atoms with Gasteiger partial charge in [0, 0.05) is 18.4 Å². The Labute approximate surface area is 155 Å². The van der Waals surface area contributed by atoms with Crippen LogP contribution in [0.5, 0.6) is 0 Å². The van der Waals surface area contributed by atoms with Gasteiger partial charge in [-0.15, -0.1) is 0 Å². The number of nitrogens with one attached hydrogen (secondary N) is 1. The summed E-state index contributed by atoms with van der Waals surface area (Å²) in [5.41, 5.74) is 4.23. The lowest BCUT2D eigenvalue weighted by Gasteiger charge is -2.07. The third-order valence-electron chi connectivity index (χ3n) is 4.32. The van der Waals surface area contributed by atoms with Gasteiger partial charge in [0.2, 0.25) is 0 Å². The number of benzene rings is 1. The van der Waals surface area contributed by atoms with Crippen LogP contribution < -0.4 is 5.32 Å². The van der Waals surface area contributed by atoms with Crippen LogP contribution in [0.25, 0.3) is 5.82 Å². The molecular formula is C19H18ClFN4O. The number of aryl methyl sites for hydroxylation is 1. The molecule has 1 amide bonds. The smallest absolute Gasteiger partial charge is 0.253 e. The van der Waals surface area contributed by atoms with Crippen LogP contribution in [0.15, 0.2) is 36.5 Å². The second-order valence-electron chi connectivity index (χ2n) is 6.04. The topological polar surface area (TPSA) is 59.8 Å². The zero-order chi connectivity index (χ0) is 18.8. The van der Waals surface area contributed by atoms with Crippen molar-refractivity contribution >= 4 is 17.5 Å². The Balaban J connectivity index is 1.70. The Morgan fingerprint density at radius 1 is 1.23 bits per heavy atom. The number of aromatic nitrogens is 3. The van der Waals surface area contributed by atoms with E-state index >= 15 is 0 Å². The van der Waals surface area contributed by atoms with Crippen molar-refractivity contribution in [2.75, 3.05) is 0 Å². The van der Waals surface area contributed by atoms with Crippen LogP contribution in [0.3, 0.4) is 0 Å². The third-order valence-corrected chi connectivity index (χ3v) is 4.61. The average molecular weight is 373 g/mol. The lowest BCUT2D eigenvalue weighted by atomic mass is 10.2. The highest BCUT2D eigenvalue weighted by Gasteiger charge is 2.12. The minimum absolute atomic E-state index is 0.0305. The molecule has 3 aromatic rings. The number of nitrogens with zero attached hydrogens (tertiary/aromatic N) is 3. The van der Waals surface area contributed by atoms with E-state index in [1.807, 2.05) is 20.8 Å². The molecule has 2 heterocycles. The number of carbonyl (C=O) groups excluding carboxylic acids is 1. The van der Waals surface area contributed by atoms with Crippen LogP contribution in [0.1, 0.15) is 32.9 Å². The van der Waals surface area contributed by atoms with Gasteiger partial charge in [0.15, 0.2) is 5.82 Å². The second kappa shape index (κ2) is 7.25. The van der Waals surface area contributed by atoms with E-state index in [-0.39, 0.29) is 17.5 Å². The lowest BCUT2D eigenvalue weighted by molar-refractivity contribution is 0.0950. The van der Waals surface area contributed by atoms with Crippen molar-refractivity contribution in [2.45, 2.75) is 27.3 Å². The quantitative estimate of drug-likeness (QED) is 0.755. The van der Waals surface area contributed by atoms with E-state index < -0.39 is 5.82 Å². The van der Waals surface area contributed by atoms with Gasteiger partial charge >= 0.3 is 0 Å². The van der Waals surface area contributed by atoms with E-state index in [1.165, 1.54) is 18.3 Å². The lowest BCUT2D eigenvalue weighted by Crippen LogP contribution is -2.23. The molecule has 0 fully saturated rings. The Morgan fingerprint density at radius 3 is 2.58 bits per heavy atom. The van der Waals surface area contributed by atoms with Crippen molar-refractivity contribution in [3.05, 3.63) is 75.4 Å². The van der Waals surface area contributed by atoms with Crippen molar-refractivity contribution < 1.29 is 9.18 Å². The molecule has 1 N–H and O–H groups in total. The summed E-state index contributed by atoms with van der Waals surface area (Å²) in [6.07, 6.45) is 1.51. The fraction of sp³-hybridized carbons (Fsp3) is 0.211. The Hall–Kier alpha value is -2.73. The zero-order valence-electron chi connectivity index (χ0n) is 14.7. The minimum atomic E-state index is -0.485. The first-order valence-electron chi connectivity index (χ1n) is 8.08. The monoisotopic (exact) mass is 372 g/mol. The molecule has 0 saturated heterocycles. The van der Waals surface area contributed by atoms with Crippen LogP contribution in [0.2, 0.25) is 5.02 Å². The molecule has 1 aromatic carbocycles. The molecule has 0 radical (unpaired) electrons. The van der Waals surface area contributed by atoms with Gasteiger partial charge in [-0.25, -0.2) is 14.1 Å². The molecule has 7 heteroatoms. The number of halogens is 2. The fourth-order valence-electron chi connectivity index (χ4n) is 2.52. The number of hydrogen-bond acceptors (Lipinski definition) is 3. The van der Waals surface area contributed by atoms with Gasteiger partial charge in [0.05, 0.1) is 16.3 Å². The Kier molecular flexibility index (Phi) is 5.04. The SMILES string of the molecule is Cc1nn(-c2ccc(C(=O)NCc3ccc(F)c(Cl)c3)cn2)c(C)c1C. The number of pyridine rings is 1. The molecule has 5 nitrogen and oxygen atoms in total. The standard InChI is InChI=1S/C19H18ClFN4O/c1-11-12(2)24-25(13(11)3)18-7-5-15(10-22-18)19(26)23-9-14-4-6-17(21)16(20)8-14/h4-8,10H,9H2,1-3H3,(H,23,26). The summed E-state index contributed by atoms with van der Waals surface area (Å²) in [4.78, 5) is 16.6. The van der Waals surface area contributed by atoms with Gasteiger partial charge < -0.3 is 5.32 Å². The van der Waals surface area contributed by atoms with E-state index in [1.54, 1.807) is 22.9 Å². The van der Waals surface area contributed by atoms with Crippen LogP contribution in [0.4, 0.5) is 4.39 Å². The van der Waals surface area contributed by atoms with Gasteiger partial charge in [-0.1, -0.05) is 17.7 Å². The van der Waals surface area contributed by atoms with E-state index in [0.717, 1.165) is 17.0 Å². The van der Waals surface area contributed by atoms with Crippen molar-refractivity contribution in [3.8, 4) is 5.82 Å². The Bertz CT molecular complexity index is 966. The second-order valence-corrected chi connectivity index (χ2v) is 6.45. The van der Waals surface area contributed by atoms with Gasteiger partial charge in [-0.2, -0.15) is 5.10 Å². The Morgan fingerprint density at radius 2 is 2.00 bits per heavy atom. The molecule has 0 aliphatic heterocycles. The first kappa shape index (κ1) is 18.1.